The third-order valence-corrected chi connectivity index (χ3v) is 2.98. The lowest BCUT2D eigenvalue weighted by Crippen LogP contribution is -2.39. The quantitative estimate of drug-likeness (QED) is 0.815. The van der Waals surface area contributed by atoms with Gasteiger partial charge in [0.15, 0.2) is 0 Å². The number of rotatable bonds is 2. The maximum Gasteiger partial charge on any atom is 0.255 e. The molecule has 4 heteroatoms. The summed E-state index contributed by atoms with van der Waals surface area (Å²) in [5, 5.41) is 0. The van der Waals surface area contributed by atoms with Crippen molar-refractivity contribution in [2.75, 3.05) is 6.54 Å². The Morgan fingerprint density at radius 1 is 1.62 bits per heavy atom. The number of fused-ring (bicyclic) bond motifs is 1. The number of nitrogens with zero attached hydrogens (tertiary/aromatic N) is 2. The minimum atomic E-state index is -0.582. The average Bonchev–Trinajstić information content (AvgIpc) is 2.28. The summed E-state index contributed by atoms with van der Waals surface area (Å²) in [5.41, 5.74) is 1.20. The number of aryl methyl sites for hydroxylation is 1. The van der Waals surface area contributed by atoms with Crippen molar-refractivity contribution < 1.29 is 1.37 Å². The summed E-state index contributed by atoms with van der Waals surface area (Å²) in [4.78, 5) is 21.2. The Morgan fingerprint density at radius 3 is 3.00 bits per heavy atom. The normalized spacial score (nSPS) is 22.0. The SMILES string of the molecule is [2H]C1c2c(nc(CC)[nH]c2=O)CCN1C(C)C. The molecule has 16 heavy (non-hydrogen) atoms. The van der Waals surface area contributed by atoms with Gasteiger partial charge in [-0.1, -0.05) is 6.92 Å². The fourth-order valence-electron chi connectivity index (χ4n) is 1.94. The lowest BCUT2D eigenvalue weighted by Gasteiger charge is -2.30. The Labute approximate surface area is 97.1 Å². The highest BCUT2D eigenvalue weighted by molar-refractivity contribution is 5.21. The van der Waals surface area contributed by atoms with Gasteiger partial charge in [-0.15, -0.1) is 0 Å². The number of hydrogen-bond donors (Lipinski definition) is 1. The molecular formula is C12H19N3O. The van der Waals surface area contributed by atoms with Gasteiger partial charge in [-0.3, -0.25) is 9.69 Å². The molecule has 1 aliphatic rings. The molecule has 0 spiro atoms. The molecule has 0 saturated heterocycles. The molecule has 1 N–H and O–H groups in total. The average molecular weight is 222 g/mol. The van der Waals surface area contributed by atoms with E-state index in [-0.39, 0.29) is 11.6 Å². The van der Waals surface area contributed by atoms with Crippen LogP contribution in [0.25, 0.3) is 0 Å². The molecule has 2 rings (SSSR count). The van der Waals surface area contributed by atoms with Crippen LogP contribution in [0.2, 0.25) is 0 Å². The van der Waals surface area contributed by atoms with Gasteiger partial charge in [0.05, 0.1) is 11.3 Å². The van der Waals surface area contributed by atoms with Crippen molar-refractivity contribution in [3.8, 4) is 0 Å². The summed E-state index contributed by atoms with van der Waals surface area (Å²) in [6, 6.07) is 0.274. The van der Waals surface area contributed by atoms with Crippen LogP contribution in [0.5, 0.6) is 0 Å². The van der Waals surface area contributed by atoms with Gasteiger partial charge in [0.1, 0.15) is 5.82 Å². The molecular weight excluding hydrogens is 202 g/mol. The fraction of sp³-hybridized carbons (Fsp3) is 0.667. The third-order valence-electron chi connectivity index (χ3n) is 2.98. The molecule has 0 radical (unpaired) electrons. The van der Waals surface area contributed by atoms with E-state index in [4.69, 9.17) is 1.37 Å². The first-order valence-corrected chi connectivity index (χ1v) is 5.84. The Hall–Kier alpha value is -1.16. The topological polar surface area (TPSA) is 49.0 Å². The summed E-state index contributed by atoms with van der Waals surface area (Å²) in [7, 11) is 0. The standard InChI is InChI=1S/C12H19N3O/c1-4-11-13-10-5-6-15(8(2)3)7-9(10)12(16)14-11/h8H,4-7H2,1-3H3,(H,13,14,16)/i7D. The van der Waals surface area contributed by atoms with Crippen LogP contribution >= 0.6 is 0 Å². The molecule has 0 fully saturated rings. The molecule has 1 aliphatic heterocycles. The van der Waals surface area contributed by atoms with Crippen LogP contribution in [0.4, 0.5) is 0 Å². The number of nitrogens with one attached hydrogen (secondary N) is 1. The molecule has 4 nitrogen and oxygen atoms in total. The molecule has 0 aromatic carbocycles. The highest BCUT2D eigenvalue weighted by Crippen LogP contribution is 2.15. The highest BCUT2D eigenvalue weighted by Gasteiger charge is 2.22. The smallest absolute Gasteiger partial charge is 0.255 e. The van der Waals surface area contributed by atoms with Gasteiger partial charge in [0.25, 0.3) is 5.56 Å². The second-order valence-electron chi connectivity index (χ2n) is 4.44. The lowest BCUT2D eigenvalue weighted by atomic mass is 10.1. The van der Waals surface area contributed by atoms with E-state index in [1.807, 2.05) is 11.8 Å². The van der Waals surface area contributed by atoms with Gasteiger partial charge in [-0.25, -0.2) is 4.98 Å². The van der Waals surface area contributed by atoms with Crippen LogP contribution in [0.15, 0.2) is 4.79 Å². The minimum Gasteiger partial charge on any atom is -0.310 e. The van der Waals surface area contributed by atoms with Crippen LogP contribution in [0, 0.1) is 0 Å². The molecule has 0 aliphatic carbocycles. The lowest BCUT2D eigenvalue weighted by molar-refractivity contribution is 0.200. The Morgan fingerprint density at radius 2 is 2.38 bits per heavy atom. The van der Waals surface area contributed by atoms with Crippen molar-refractivity contribution in [3.63, 3.8) is 0 Å². The van der Waals surface area contributed by atoms with Crippen molar-refractivity contribution in [1.82, 2.24) is 14.9 Å². The maximum atomic E-state index is 12.0. The number of H-pyrrole nitrogens is 1. The third kappa shape index (κ3) is 2.02. The van der Waals surface area contributed by atoms with E-state index in [0.717, 1.165) is 30.9 Å². The van der Waals surface area contributed by atoms with Crippen LogP contribution < -0.4 is 5.56 Å². The van der Waals surface area contributed by atoms with E-state index in [1.165, 1.54) is 0 Å². The molecule has 88 valence electrons. The molecule has 1 atom stereocenters. The van der Waals surface area contributed by atoms with Crippen molar-refractivity contribution in [2.24, 2.45) is 0 Å². The highest BCUT2D eigenvalue weighted by atomic mass is 16.1. The monoisotopic (exact) mass is 222 g/mol. The fourth-order valence-corrected chi connectivity index (χ4v) is 1.94. The largest absolute Gasteiger partial charge is 0.310 e. The minimum absolute atomic E-state index is 0.141. The summed E-state index contributed by atoms with van der Waals surface area (Å²) in [6.07, 6.45) is 1.49. The van der Waals surface area contributed by atoms with Gasteiger partial charge in [0, 0.05) is 33.3 Å². The Bertz CT molecular complexity index is 469. The predicted octanol–water partition coefficient (Wildman–Crippen LogP) is 1.10. The zero-order valence-corrected chi connectivity index (χ0v) is 10.1. The van der Waals surface area contributed by atoms with E-state index >= 15 is 0 Å². The van der Waals surface area contributed by atoms with Crippen LogP contribution in [-0.2, 0) is 19.4 Å². The first kappa shape index (κ1) is 10.0. The van der Waals surface area contributed by atoms with E-state index in [9.17, 15) is 4.79 Å². The molecule has 1 aromatic heterocycles. The number of hydrogen-bond acceptors (Lipinski definition) is 3. The van der Waals surface area contributed by atoms with E-state index in [2.05, 4.69) is 23.8 Å². The zero-order chi connectivity index (χ0) is 12.6. The van der Waals surface area contributed by atoms with E-state index < -0.39 is 6.52 Å². The van der Waals surface area contributed by atoms with Crippen molar-refractivity contribution in [3.05, 3.63) is 27.4 Å². The summed E-state index contributed by atoms with van der Waals surface area (Å²) < 4.78 is 8.18. The molecule has 0 saturated carbocycles. The Kier molecular flexibility index (Phi) is 2.74. The van der Waals surface area contributed by atoms with Crippen LogP contribution in [0.3, 0.4) is 0 Å². The first-order valence-electron chi connectivity index (χ1n) is 6.42. The van der Waals surface area contributed by atoms with Gasteiger partial charge in [-0.2, -0.15) is 0 Å². The van der Waals surface area contributed by atoms with Crippen molar-refractivity contribution >= 4 is 0 Å². The summed E-state index contributed by atoms with van der Waals surface area (Å²) in [6.45, 7) is 6.29. The second-order valence-corrected chi connectivity index (χ2v) is 4.44. The first-order chi connectivity index (χ1) is 8.04. The molecule has 2 heterocycles. The van der Waals surface area contributed by atoms with E-state index in [1.54, 1.807) is 0 Å². The molecule has 0 amide bonds. The second kappa shape index (κ2) is 4.37. The predicted molar refractivity (Wildman–Crippen MR) is 63.5 cm³/mol. The van der Waals surface area contributed by atoms with Crippen molar-refractivity contribution in [2.45, 2.75) is 46.2 Å². The van der Waals surface area contributed by atoms with Gasteiger partial charge in [-0.05, 0) is 13.8 Å². The molecule has 1 unspecified atom stereocenters. The number of aromatic amines is 1. The summed E-state index contributed by atoms with van der Waals surface area (Å²) in [5.74, 6) is 0.721. The van der Waals surface area contributed by atoms with Gasteiger partial charge < -0.3 is 4.98 Å². The van der Waals surface area contributed by atoms with E-state index in [0.29, 0.717) is 5.56 Å². The summed E-state index contributed by atoms with van der Waals surface area (Å²) >= 11 is 0. The zero-order valence-electron chi connectivity index (χ0n) is 11.1. The van der Waals surface area contributed by atoms with Crippen LogP contribution in [-0.4, -0.2) is 27.5 Å². The number of aromatic nitrogens is 2. The van der Waals surface area contributed by atoms with Crippen molar-refractivity contribution in [1.29, 1.82) is 0 Å². The van der Waals surface area contributed by atoms with Crippen LogP contribution in [0.1, 0.15) is 39.2 Å². The molecule has 1 aromatic rings. The van der Waals surface area contributed by atoms with Gasteiger partial charge >= 0.3 is 0 Å². The Balaban J connectivity index is 2.46. The van der Waals surface area contributed by atoms with Gasteiger partial charge in [0.2, 0.25) is 0 Å². The molecule has 0 bridgehead atoms. The maximum absolute atomic E-state index is 12.0.